The van der Waals surface area contributed by atoms with Crippen LogP contribution >= 0.6 is 0 Å². The first-order valence-corrected chi connectivity index (χ1v) is 12.0. The Morgan fingerprint density at radius 2 is 1.62 bits per heavy atom. The summed E-state index contributed by atoms with van der Waals surface area (Å²) in [6, 6.07) is 0.745. The summed E-state index contributed by atoms with van der Waals surface area (Å²) in [5, 5.41) is 0. The van der Waals surface area contributed by atoms with Crippen LogP contribution in [0.3, 0.4) is 0 Å². The summed E-state index contributed by atoms with van der Waals surface area (Å²) < 4.78 is 7.17. The molecule has 0 bridgehead atoms. The minimum absolute atomic E-state index is 0.745. The van der Waals surface area contributed by atoms with Gasteiger partial charge in [-0.25, -0.2) is 0 Å². The molecule has 0 aromatic rings. The van der Waals surface area contributed by atoms with E-state index in [9.17, 15) is 0 Å². The van der Waals surface area contributed by atoms with Gasteiger partial charge in [0.1, 0.15) is 0 Å². The molecule has 16 heavy (non-hydrogen) atoms. The van der Waals surface area contributed by atoms with Gasteiger partial charge in [0, 0.05) is 0 Å². The van der Waals surface area contributed by atoms with Crippen molar-refractivity contribution in [3.8, 4) is 0 Å². The number of hydrogen-bond acceptors (Lipinski definition) is 3. The van der Waals surface area contributed by atoms with Crippen LogP contribution in [0.4, 0.5) is 0 Å². The maximum absolute atomic E-state index is 2.83. The second-order valence-electron chi connectivity index (χ2n) is 5.13. The van der Waals surface area contributed by atoms with Gasteiger partial charge < -0.3 is 0 Å². The summed E-state index contributed by atoms with van der Waals surface area (Å²) in [7, 11) is 4.40. The van der Waals surface area contributed by atoms with Crippen molar-refractivity contribution in [1.29, 1.82) is 0 Å². The average Bonchev–Trinajstić information content (AvgIpc) is 2.67. The van der Waals surface area contributed by atoms with Gasteiger partial charge in [-0.2, -0.15) is 0 Å². The summed E-state index contributed by atoms with van der Waals surface area (Å²) in [5.74, 6) is 0. The first-order valence-electron chi connectivity index (χ1n) is 6.74. The van der Waals surface area contributed by atoms with Crippen LogP contribution in [0, 0.1) is 0 Å². The molecule has 0 aliphatic carbocycles. The van der Waals surface area contributed by atoms with Crippen molar-refractivity contribution in [1.82, 2.24) is 10.7 Å². The van der Waals surface area contributed by atoms with E-state index in [1.54, 1.807) is 0 Å². The number of likely N-dealkylation sites (N-methyl/N-ethyl adjacent to an activating group) is 2. The molecule has 0 aromatic carbocycles. The molecular weight excluding hydrogens is 301 g/mol. The molecule has 1 fully saturated rings. The Balaban J connectivity index is 2.42. The Morgan fingerprint density at radius 1 is 1.12 bits per heavy atom. The van der Waals surface area contributed by atoms with Crippen molar-refractivity contribution in [3.63, 3.8) is 0 Å². The Morgan fingerprint density at radius 3 is 2.00 bits per heavy atom. The Hall–Kier alpha value is 0.750. The van der Waals surface area contributed by atoms with Crippen molar-refractivity contribution >= 4 is 22.0 Å². The fourth-order valence-corrected chi connectivity index (χ4v) is 12.9. The monoisotopic (exact) mass is 329 g/mol. The number of hydrogen-bond donors (Lipinski definition) is 0. The van der Waals surface area contributed by atoms with Crippen LogP contribution in [-0.4, -0.2) is 79.0 Å². The molecule has 1 atom stereocenters. The predicted octanol–water partition coefficient (Wildman–Crippen LogP) is 1.47. The van der Waals surface area contributed by atoms with Crippen LogP contribution in [-0.2, 0) is 0 Å². The number of rotatable bonds is 6. The molecular formula is C12H28InN3. The average molecular weight is 329 g/mol. The summed E-state index contributed by atoms with van der Waals surface area (Å²) in [6.45, 7) is 12.3. The Labute approximate surface area is 110 Å². The van der Waals surface area contributed by atoms with Crippen LogP contribution in [0.2, 0.25) is 4.18 Å². The molecule has 3 nitrogen and oxygen atoms in total. The Kier molecular flexibility index (Phi) is 6.70. The molecule has 1 rings (SSSR count). The van der Waals surface area contributed by atoms with Gasteiger partial charge in [0.15, 0.2) is 0 Å². The van der Waals surface area contributed by atoms with E-state index in [4.69, 9.17) is 0 Å². The molecule has 4 heteroatoms. The van der Waals surface area contributed by atoms with Crippen molar-refractivity contribution in [2.24, 2.45) is 0 Å². The summed E-state index contributed by atoms with van der Waals surface area (Å²) in [6.07, 6.45) is 1.39. The summed E-state index contributed by atoms with van der Waals surface area (Å²) >= 11 is -1.52. The van der Waals surface area contributed by atoms with Gasteiger partial charge in [-0.15, -0.1) is 0 Å². The third kappa shape index (κ3) is 3.90. The van der Waals surface area contributed by atoms with Crippen molar-refractivity contribution in [3.05, 3.63) is 0 Å². The van der Waals surface area contributed by atoms with Crippen LogP contribution in [0.25, 0.3) is 0 Å². The molecule has 94 valence electrons. The van der Waals surface area contributed by atoms with E-state index in [1.165, 1.54) is 36.8 Å². The van der Waals surface area contributed by atoms with Crippen LogP contribution in [0.5, 0.6) is 0 Å². The van der Waals surface area contributed by atoms with E-state index in [0.29, 0.717) is 0 Å². The molecule has 0 radical (unpaired) electrons. The van der Waals surface area contributed by atoms with Crippen LogP contribution in [0.1, 0.15) is 27.2 Å². The van der Waals surface area contributed by atoms with Gasteiger partial charge in [0.05, 0.1) is 0 Å². The zero-order valence-corrected chi connectivity index (χ0v) is 15.0. The summed E-state index contributed by atoms with van der Waals surface area (Å²) in [4.78, 5) is 2.35. The molecule has 1 aliphatic heterocycles. The van der Waals surface area contributed by atoms with E-state index in [1.807, 2.05) is 0 Å². The van der Waals surface area contributed by atoms with E-state index in [-0.39, 0.29) is 0 Å². The third-order valence-corrected chi connectivity index (χ3v) is 14.8. The Bertz CT molecular complexity index is 187. The number of nitrogens with zero attached hydrogens (tertiary/aromatic N) is 3. The first-order chi connectivity index (χ1) is 7.60. The summed E-state index contributed by atoms with van der Waals surface area (Å²) in [5.41, 5.74) is 0. The molecule has 0 spiro atoms. The second-order valence-corrected chi connectivity index (χ2v) is 13.7. The predicted molar refractivity (Wildman–Crippen MR) is 72.8 cm³/mol. The molecule has 0 amide bonds. The molecule has 0 saturated carbocycles. The zero-order chi connectivity index (χ0) is 12.1. The van der Waals surface area contributed by atoms with Gasteiger partial charge >= 0.3 is 110 Å². The molecule has 1 aliphatic rings. The quantitative estimate of drug-likeness (QED) is 0.731. The standard InChI is InChI=1S/C6H14N2.C6H14N.In/c1-3-7-5-6-8-4-2;1-5-6(2)7(3)4;/h3-6H2,1-2H3;6H,1,5H2,2-4H3;/q-2;;+2. The van der Waals surface area contributed by atoms with Crippen LogP contribution < -0.4 is 0 Å². The van der Waals surface area contributed by atoms with Gasteiger partial charge in [0.25, 0.3) is 0 Å². The van der Waals surface area contributed by atoms with Crippen molar-refractivity contribution in [2.45, 2.75) is 37.4 Å². The van der Waals surface area contributed by atoms with Gasteiger partial charge in [0.2, 0.25) is 0 Å². The second kappa shape index (κ2) is 7.24. The van der Waals surface area contributed by atoms with Crippen molar-refractivity contribution < 1.29 is 0 Å². The SMILES string of the molecule is CC[N]1CC[N](CC)[In]1[CH2]CC(C)N(C)C. The van der Waals surface area contributed by atoms with Crippen LogP contribution in [0.15, 0.2) is 0 Å². The maximum atomic E-state index is 2.83. The molecule has 1 unspecified atom stereocenters. The topological polar surface area (TPSA) is 9.72 Å². The van der Waals surface area contributed by atoms with Crippen molar-refractivity contribution in [2.75, 3.05) is 40.3 Å². The van der Waals surface area contributed by atoms with Gasteiger partial charge in [-0.1, -0.05) is 0 Å². The van der Waals surface area contributed by atoms with E-state index < -0.39 is 22.0 Å². The van der Waals surface area contributed by atoms with E-state index in [0.717, 1.165) is 6.04 Å². The fourth-order valence-electron chi connectivity index (χ4n) is 2.54. The van der Waals surface area contributed by atoms with E-state index in [2.05, 4.69) is 45.5 Å². The zero-order valence-electron chi connectivity index (χ0n) is 11.7. The molecule has 0 aromatic heterocycles. The molecule has 1 heterocycles. The first kappa shape index (κ1) is 14.8. The minimum atomic E-state index is -1.52. The normalized spacial score (nSPS) is 21.0. The molecule has 0 N–H and O–H groups in total. The fraction of sp³-hybridized carbons (Fsp3) is 1.00. The van der Waals surface area contributed by atoms with Gasteiger partial charge in [-0.05, 0) is 0 Å². The third-order valence-electron chi connectivity index (χ3n) is 4.05. The van der Waals surface area contributed by atoms with E-state index >= 15 is 0 Å². The van der Waals surface area contributed by atoms with Gasteiger partial charge in [-0.3, -0.25) is 0 Å². The molecule has 1 saturated heterocycles.